The molecule has 0 saturated heterocycles. The summed E-state index contributed by atoms with van der Waals surface area (Å²) in [6.45, 7) is 2.27. The number of pyridine rings is 1. The molecule has 0 radical (unpaired) electrons. The van der Waals surface area contributed by atoms with Crippen LogP contribution < -0.4 is 5.73 Å². The second kappa shape index (κ2) is 6.73. The number of fused-ring (bicyclic) bond motifs is 1. The van der Waals surface area contributed by atoms with Crippen molar-refractivity contribution in [3.05, 3.63) is 53.9 Å². The summed E-state index contributed by atoms with van der Waals surface area (Å²) in [4.78, 5) is 8.61. The van der Waals surface area contributed by atoms with Crippen molar-refractivity contribution in [2.24, 2.45) is 10.7 Å². The number of ether oxygens (including phenoxy) is 1. The lowest BCUT2D eigenvalue weighted by Gasteiger charge is -2.13. The molecule has 0 aliphatic carbocycles. The van der Waals surface area contributed by atoms with E-state index in [0.717, 1.165) is 22.4 Å². The van der Waals surface area contributed by atoms with Crippen LogP contribution in [0.3, 0.4) is 0 Å². The van der Waals surface area contributed by atoms with Gasteiger partial charge in [0.15, 0.2) is 6.29 Å². The number of aliphatic hydroxyl groups excluding tert-OH is 1. The Morgan fingerprint density at radius 2 is 2.17 bits per heavy atom. The minimum absolute atomic E-state index is 0.387. The van der Waals surface area contributed by atoms with E-state index in [9.17, 15) is 5.11 Å². The Bertz CT molecular complexity index is 754. The van der Waals surface area contributed by atoms with Gasteiger partial charge in [0.2, 0.25) is 0 Å². The maximum atomic E-state index is 10.1. The molecule has 2 heterocycles. The molecule has 0 bridgehead atoms. The van der Waals surface area contributed by atoms with E-state index in [1.807, 2.05) is 49.5 Å². The molecule has 1 atom stereocenters. The standard InChI is InChI=1S/C18H19N3O2/c1-2-23-18(22)15-8-13-6-5-12(14-4-3-7-20-11-14)9-16(13)21-17(19)10-15/h3-9,11,18,22H,2,10H2,1H3,(H2,19,21). The molecule has 1 aromatic carbocycles. The van der Waals surface area contributed by atoms with Crippen molar-refractivity contribution in [3.63, 3.8) is 0 Å². The van der Waals surface area contributed by atoms with Gasteiger partial charge in [-0.05, 0) is 36.3 Å². The summed E-state index contributed by atoms with van der Waals surface area (Å²) in [5, 5.41) is 10.1. The van der Waals surface area contributed by atoms with Crippen LogP contribution in [0.2, 0.25) is 0 Å². The second-order valence-electron chi connectivity index (χ2n) is 5.32. The van der Waals surface area contributed by atoms with Crippen LogP contribution in [0.1, 0.15) is 18.9 Å². The minimum Gasteiger partial charge on any atom is -0.387 e. The highest BCUT2D eigenvalue weighted by Gasteiger charge is 2.17. The largest absolute Gasteiger partial charge is 0.387 e. The molecular formula is C18H19N3O2. The van der Waals surface area contributed by atoms with Crippen molar-refractivity contribution in [1.29, 1.82) is 0 Å². The molecule has 118 valence electrons. The smallest absolute Gasteiger partial charge is 0.177 e. The lowest BCUT2D eigenvalue weighted by Crippen LogP contribution is -2.20. The first-order chi connectivity index (χ1) is 11.2. The molecule has 3 rings (SSSR count). The van der Waals surface area contributed by atoms with Gasteiger partial charge in [-0.3, -0.25) is 4.98 Å². The minimum atomic E-state index is -0.960. The van der Waals surface area contributed by atoms with Crippen LogP contribution in [0.15, 0.2) is 53.3 Å². The first kappa shape index (κ1) is 15.4. The maximum absolute atomic E-state index is 10.1. The monoisotopic (exact) mass is 309 g/mol. The number of aliphatic imine (C=N–C) groups is 1. The summed E-state index contributed by atoms with van der Waals surface area (Å²) in [7, 11) is 0. The molecule has 0 fully saturated rings. The number of nitrogens with two attached hydrogens (primary N) is 1. The van der Waals surface area contributed by atoms with Crippen LogP contribution in [-0.2, 0) is 4.74 Å². The number of benzene rings is 1. The molecular weight excluding hydrogens is 290 g/mol. The van der Waals surface area contributed by atoms with Gasteiger partial charge >= 0.3 is 0 Å². The summed E-state index contributed by atoms with van der Waals surface area (Å²) in [5.74, 6) is 0.456. The van der Waals surface area contributed by atoms with E-state index < -0.39 is 6.29 Å². The Morgan fingerprint density at radius 3 is 2.91 bits per heavy atom. The van der Waals surface area contributed by atoms with Gasteiger partial charge < -0.3 is 15.6 Å². The highest BCUT2D eigenvalue weighted by Crippen LogP contribution is 2.32. The van der Waals surface area contributed by atoms with Gasteiger partial charge in [-0.25, -0.2) is 4.99 Å². The molecule has 23 heavy (non-hydrogen) atoms. The molecule has 0 saturated carbocycles. The third kappa shape index (κ3) is 3.47. The molecule has 2 aromatic rings. The number of amidine groups is 1. The van der Waals surface area contributed by atoms with Crippen LogP contribution in [0.25, 0.3) is 17.2 Å². The highest BCUT2D eigenvalue weighted by molar-refractivity contribution is 5.91. The van der Waals surface area contributed by atoms with Crippen molar-refractivity contribution in [2.45, 2.75) is 19.6 Å². The molecule has 1 aromatic heterocycles. The topological polar surface area (TPSA) is 80.7 Å². The number of hydrogen-bond donors (Lipinski definition) is 2. The summed E-state index contributed by atoms with van der Waals surface area (Å²) in [6.07, 6.45) is 4.88. The third-order valence-electron chi connectivity index (χ3n) is 3.66. The Morgan fingerprint density at radius 1 is 1.30 bits per heavy atom. The van der Waals surface area contributed by atoms with Gasteiger partial charge in [-0.15, -0.1) is 0 Å². The molecule has 1 aliphatic heterocycles. The van der Waals surface area contributed by atoms with Gasteiger partial charge in [-0.2, -0.15) is 0 Å². The SMILES string of the molecule is CCOC(O)C1=Cc2ccc(-c3cccnc3)cc2N=C(N)C1. The lowest BCUT2D eigenvalue weighted by atomic mass is 10.0. The van der Waals surface area contributed by atoms with E-state index in [-0.39, 0.29) is 0 Å². The fourth-order valence-electron chi connectivity index (χ4n) is 2.55. The van der Waals surface area contributed by atoms with E-state index in [1.54, 1.807) is 6.20 Å². The normalized spacial score (nSPS) is 15.2. The molecule has 0 amide bonds. The second-order valence-corrected chi connectivity index (χ2v) is 5.32. The van der Waals surface area contributed by atoms with Crippen LogP contribution in [0.5, 0.6) is 0 Å². The molecule has 0 spiro atoms. The number of hydrogen-bond acceptors (Lipinski definition) is 5. The van der Waals surface area contributed by atoms with Crippen molar-refractivity contribution < 1.29 is 9.84 Å². The summed E-state index contributed by atoms with van der Waals surface area (Å²) < 4.78 is 5.26. The zero-order valence-electron chi connectivity index (χ0n) is 12.9. The fraction of sp³-hybridized carbons (Fsp3) is 0.222. The number of aromatic nitrogens is 1. The van der Waals surface area contributed by atoms with Crippen molar-refractivity contribution in [2.75, 3.05) is 6.61 Å². The Balaban J connectivity index is 2.01. The van der Waals surface area contributed by atoms with Crippen molar-refractivity contribution in [1.82, 2.24) is 4.98 Å². The van der Waals surface area contributed by atoms with Gasteiger partial charge in [0.05, 0.1) is 5.69 Å². The fourth-order valence-corrected chi connectivity index (χ4v) is 2.55. The average Bonchev–Trinajstić information content (AvgIpc) is 2.73. The molecule has 1 unspecified atom stereocenters. The maximum Gasteiger partial charge on any atom is 0.177 e. The summed E-state index contributed by atoms with van der Waals surface area (Å²) >= 11 is 0. The van der Waals surface area contributed by atoms with Gasteiger partial charge in [0.1, 0.15) is 5.84 Å². The molecule has 1 aliphatic rings. The van der Waals surface area contributed by atoms with Gasteiger partial charge in [0, 0.05) is 36.5 Å². The van der Waals surface area contributed by atoms with Crippen LogP contribution in [0.4, 0.5) is 5.69 Å². The first-order valence-electron chi connectivity index (χ1n) is 7.55. The predicted molar refractivity (Wildman–Crippen MR) is 91.2 cm³/mol. The third-order valence-corrected chi connectivity index (χ3v) is 3.66. The lowest BCUT2D eigenvalue weighted by molar-refractivity contribution is -0.0670. The highest BCUT2D eigenvalue weighted by atomic mass is 16.6. The molecule has 5 heteroatoms. The zero-order valence-corrected chi connectivity index (χ0v) is 12.9. The van der Waals surface area contributed by atoms with E-state index in [0.29, 0.717) is 24.4 Å². The quantitative estimate of drug-likeness (QED) is 0.851. The molecule has 3 N–H and O–H groups in total. The average molecular weight is 309 g/mol. The number of aliphatic hydroxyl groups is 1. The summed E-state index contributed by atoms with van der Waals surface area (Å²) in [5.41, 5.74) is 10.4. The van der Waals surface area contributed by atoms with Crippen LogP contribution in [-0.4, -0.2) is 28.8 Å². The van der Waals surface area contributed by atoms with Crippen molar-refractivity contribution >= 4 is 17.6 Å². The van der Waals surface area contributed by atoms with Crippen LogP contribution >= 0.6 is 0 Å². The number of nitrogens with zero attached hydrogens (tertiary/aromatic N) is 2. The summed E-state index contributed by atoms with van der Waals surface area (Å²) in [6, 6.07) is 9.85. The zero-order chi connectivity index (χ0) is 16.2. The van der Waals surface area contributed by atoms with E-state index in [1.165, 1.54) is 0 Å². The Kier molecular flexibility index (Phi) is 4.50. The van der Waals surface area contributed by atoms with E-state index in [4.69, 9.17) is 10.5 Å². The predicted octanol–water partition coefficient (Wildman–Crippen LogP) is 2.88. The van der Waals surface area contributed by atoms with Crippen molar-refractivity contribution in [3.8, 4) is 11.1 Å². The van der Waals surface area contributed by atoms with E-state index in [2.05, 4.69) is 9.98 Å². The Hall–Kier alpha value is -2.50. The number of rotatable bonds is 4. The molecule has 5 nitrogen and oxygen atoms in total. The van der Waals surface area contributed by atoms with E-state index >= 15 is 0 Å². The van der Waals surface area contributed by atoms with Crippen LogP contribution in [0, 0.1) is 0 Å². The first-order valence-corrected chi connectivity index (χ1v) is 7.55. The van der Waals surface area contributed by atoms with Gasteiger partial charge in [0.25, 0.3) is 0 Å². The Labute approximate surface area is 135 Å². The van der Waals surface area contributed by atoms with Gasteiger partial charge in [-0.1, -0.05) is 18.2 Å².